The van der Waals surface area contributed by atoms with Crippen LogP contribution in [0, 0.1) is 11.3 Å². The summed E-state index contributed by atoms with van der Waals surface area (Å²) in [6, 6.07) is 7.89. The van der Waals surface area contributed by atoms with E-state index in [0.29, 0.717) is 17.2 Å². The SMILES string of the molecule is COc1cc2c(cc1O)CC1c3c(cc(OCC#N)c(OC)c3-2)CCN1C. The smallest absolute Gasteiger partial charge is 0.174 e. The van der Waals surface area contributed by atoms with E-state index in [1.807, 2.05) is 18.2 Å². The lowest BCUT2D eigenvalue weighted by atomic mass is 9.76. The molecule has 1 unspecified atom stereocenters. The van der Waals surface area contributed by atoms with Crippen molar-refractivity contribution in [3.05, 3.63) is 34.9 Å². The average Bonchev–Trinajstić information content (AvgIpc) is 2.68. The van der Waals surface area contributed by atoms with E-state index < -0.39 is 0 Å². The third-order valence-corrected chi connectivity index (χ3v) is 5.55. The molecule has 0 aromatic heterocycles. The van der Waals surface area contributed by atoms with E-state index >= 15 is 0 Å². The Morgan fingerprint density at radius 3 is 2.70 bits per heavy atom. The number of methoxy groups -OCH3 is 2. The molecule has 0 bridgehead atoms. The summed E-state index contributed by atoms with van der Waals surface area (Å²) >= 11 is 0. The van der Waals surface area contributed by atoms with Crippen molar-refractivity contribution >= 4 is 0 Å². The molecular weight excluding hydrogens is 344 g/mol. The Balaban J connectivity index is 2.03. The summed E-state index contributed by atoms with van der Waals surface area (Å²) in [5.41, 5.74) is 5.46. The van der Waals surface area contributed by atoms with Crippen LogP contribution >= 0.6 is 0 Å². The molecule has 1 heterocycles. The van der Waals surface area contributed by atoms with Crippen molar-refractivity contribution in [2.75, 3.05) is 34.4 Å². The fourth-order valence-corrected chi connectivity index (χ4v) is 4.30. The first-order valence-corrected chi connectivity index (χ1v) is 8.93. The van der Waals surface area contributed by atoms with E-state index in [1.165, 1.54) is 11.1 Å². The molecule has 6 nitrogen and oxygen atoms in total. The van der Waals surface area contributed by atoms with Crippen LogP contribution in [-0.4, -0.2) is 44.4 Å². The van der Waals surface area contributed by atoms with E-state index in [-0.39, 0.29) is 18.4 Å². The van der Waals surface area contributed by atoms with Crippen LogP contribution in [0.4, 0.5) is 0 Å². The summed E-state index contributed by atoms with van der Waals surface area (Å²) in [6.45, 7) is 0.905. The zero-order chi connectivity index (χ0) is 19.1. The molecule has 2 aromatic carbocycles. The molecule has 2 aromatic rings. The van der Waals surface area contributed by atoms with Gasteiger partial charge < -0.3 is 19.3 Å². The molecule has 0 amide bonds. The van der Waals surface area contributed by atoms with Gasteiger partial charge in [0.1, 0.15) is 6.07 Å². The molecule has 0 spiro atoms. The van der Waals surface area contributed by atoms with Gasteiger partial charge in [0.15, 0.2) is 29.6 Å². The summed E-state index contributed by atoms with van der Waals surface area (Å²) in [5, 5.41) is 19.2. The lowest BCUT2D eigenvalue weighted by Crippen LogP contribution is -2.35. The molecule has 0 fully saturated rings. The molecule has 0 saturated heterocycles. The number of phenols is 1. The topological polar surface area (TPSA) is 74.9 Å². The van der Waals surface area contributed by atoms with Crippen molar-refractivity contribution in [3.63, 3.8) is 0 Å². The zero-order valence-electron chi connectivity index (χ0n) is 15.7. The van der Waals surface area contributed by atoms with Crippen molar-refractivity contribution in [2.24, 2.45) is 0 Å². The predicted molar refractivity (Wildman–Crippen MR) is 101 cm³/mol. The summed E-state index contributed by atoms with van der Waals surface area (Å²) in [4.78, 5) is 2.34. The Kier molecular flexibility index (Phi) is 4.33. The van der Waals surface area contributed by atoms with Crippen molar-refractivity contribution in [3.8, 4) is 40.2 Å². The standard InChI is InChI=1S/C21H22N2O4/c1-23-6-4-12-10-18(27-7-5-22)21(26-3)20-14-11-17(25-2)16(24)9-13(14)8-15(23)19(12)20/h9-11,15,24H,4,6-8H2,1-3H3. The van der Waals surface area contributed by atoms with Gasteiger partial charge in [-0.05, 0) is 60.3 Å². The van der Waals surface area contributed by atoms with Crippen LogP contribution < -0.4 is 14.2 Å². The molecule has 0 saturated carbocycles. The number of aromatic hydroxyl groups is 1. The minimum Gasteiger partial charge on any atom is -0.504 e. The molecular formula is C21H22N2O4. The molecule has 2 aliphatic rings. The highest BCUT2D eigenvalue weighted by atomic mass is 16.5. The maximum Gasteiger partial charge on any atom is 0.174 e. The van der Waals surface area contributed by atoms with Gasteiger partial charge in [-0.3, -0.25) is 4.90 Å². The van der Waals surface area contributed by atoms with Crippen molar-refractivity contribution in [1.82, 2.24) is 4.90 Å². The number of benzene rings is 2. The minimum atomic E-state index is -0.0380. The molecule has 0 radical (unpaired) electrons. The van der Waals surface area contributed by atoms with Gasteiger partial charge in [0.05, 0.1) is 14.2 Å². The van der Waals surface area contributed by atoms with Gasteiger partial charge in [0.25, 0.3) is 0 Å². The maximum atomic E-state index is 10.3. The van der Waals surface area contributed by atoms with E-state index in [1.54, 1.807) is 20.3 Å². The van der Waals surface area contributed by atoms with Crippen LogP contribution in [0.3, 0.4) is 0 Å². The van der Waals surface area contributed by atoms with Crippen molar-refractivity contribution < 1.29 is 19.3 Å². The van der Waals surface area contributed by atoms with E-state index in [2.05, 4.69) is 11.9 Å². The highest BCUT2D eigenvalue weighted by Crippen LogP contribution is 2.53. The first kappa shape index (κ1) is 17.5. The van der Waals surface area contributed by atoms with Crippen LogP contribution in [0.2, 0.25) is 0 Å². The number of rotatable bonds is 4. The van der Waals surface area contributed by atoms with Crippen molar-refractivity contribution in [1.29, 1.82) is 5.26 Å². The number of phenolic OH excluding ortho intramolecular Hbond substituents is 1. The number of likely N-dealkylation sites (N-methyl/N-ethyl adjacent to an activating group) is 1. The quantitative estimate of drug-likeness (QED) is 0.896. The number of hydrogen-bond acceptors (Lipinski definition) is 6. The minimum absolute atomic E-state index is 0.0380. The van der Waals surface area contributed by atoms with Crippen molar-refractivity contribution in [2.45, 2.75) is 18.9 Å². The lowest BCUT2D eigenvalue weighted by Gasteiger charge is -2.40. The fraction of sp³-hybridized carbons (Fsp3) is 0.381. The summed E-state index contributed by atoms with van der Waals surface area (Å²) in [6.07, 6.45) is 1.72. The molecule has 6 heteroatoms. The second-order valence-electron chi connectivity index (χ2n) is 6.93. The largest absolute Gasteiger partial charge is 0.504 e. The molecule has 1 aliphatic heterocycles. The average molecular weight is 366 g/mol. The van der Waals surface area contributed by atoms with Crippen LogP contribution in [0.25, 0.3) is 11.1 Å². The van der Waals surface area contributed by atoms with Crippen LogP contribution in [0.1, 0.15) is 22.7 Å². The second kappa shape index (κ2) is 6.67. The zero-order valence-corrected chi connectivity index (χ0v) is 15.7. The molecule has 140 valence electrons. The third-order valence-electron chi connectivity index (χ3n) is 5.55. The van der Waals surface area contributed by atoms with E-state index in [4.69, 9.17) is 19.5 Å². The Labute approximate surface area is 158 Å². The second-order valence-corrected chi connectivity index (χ2v) is 6.93. The number of nitrogens with zero attached hydrogens (tertiary/aromatic N) is 2. The van der Waals surface area contributed by atoms with Gasteiger partial charge in [0.2, 0.25) is 0 Å². The number of nitriles is 1. The molecule has 4 rings (SSSR count). The number of ether oxygens (including phenoxy) is 3. The Bertz CT molecular complexity index is 948. The Morgan fingerprint density at radius 2 is 2.00 bits per heavy atom. The summed E-state index contributed by atoms with van der Waals surface area (Å²) in [5.74, 6) is 1.76. The van der Waals surface area contributed by atoms with Gasteiger partial charge in [0, 0.05) is 18.2 Å². The van der Waals surface area contributed by atoms with Gasteiger partial charge in [-0.15, -0.1) is 0 Å². The van der Waals surface area contributed by atoms with Gasteiger partial charge >= 0.3 is 0 Å². The van der Waals surface area contributed by atoms with Gasteiger partial charge in [-0.25, -0.2) is 0 Å². The molecule has 1 aliphatic carbocycles. The number of hydrogen-bond donors (Lipinski definition) is 1. The van der Waals surface area contributed by atoms with Crippen LogP contribution in [0.5, 0.6) is 23.0 Å². The predicted octanol–water partition coefficient (Wildman–Crippen LogP) is 3.06. The Morgan fingerprint density at radius 1 is 1.19 bits per heavy atom. The highest BCUT2D eigenvalue weighted by Gasteiger charge is 2.36. The van der Waals surface area contributed by atoms with Gasteiger partial charge in [-0.1, -0.05) is 0 Å². The van der Waals surface area contributed by atoms with E-state index in [9.17, 15) is 5.11 Å². The monoisotopic (exact) mass is 366 g/mol. The third kappa shape index (κ3) is 2.66. The van der Waals surface area contributed by atoms with E-state index in [0.717, 1.165) is 36.1 Å². The summed E-state index contributed by atoms with van der Waals surface area (Å²) < 4.78 is 16.8. The molecule has 27 heavy (non-hydrogen) atoms. The first-order valence-electron chi connectivity index (χ1n) is 8.93. The lowest BCUT2D eigenvalue weighted by molar-refractivity contribution is 0.226. The van der Waals surface area contributed by atoms with Crippen LogP contribution in [-0.2, 0) is 12.8 Å². The molecule has 1 N–H and O–H groups in total. The Hall–Kier alpha value is -2.91. The maximum absolute atomic E-state index is 10.3. The normalized spacial score (nSPS) is 17.5. The molecule has 1 atom stereocenters. The first-order chi connectivity index (χ1) is 13.1. The fourth-order valence-electron chi connectivity index (χ4n) is 4.30. The summed E-state index contributed by atoms with van der Waals surface area (Å²) in [7, 11) is 5.28. The number of fused-ring (bicyclic) bond motifs is 2. The van der Waals surface area contributed by atoms with Gasteiger partial charge in [-0.2, -0.15) is 5.26 Å². The highest BCUT2D eigenvalue weighted by molar-refractivity contribution is 5.85. The van der Waals surface area contributed by atoms with Crippen LogP contribution in [0.15, 0.2) is 18.2 Å².